The van der Waals surface area contributed by atoms with E-state index in [0.29, 0.717) is 0 Å². The molecule has 1 aromatic rings. The average molecular weight is 256 g/mol. The minimum Gasteiger partial charge on any atom is -0.481 e. The predicted molar refractivity (Wildman–Crippen MR) is 69.5 cm³/mol. The standard InChI is InChI=1S/C12H20N2O2S/c1-3-4-5-6-7-14-8-10(2)13-12(14)17-9-11(15)16/h8H,3-7,9H2,1-2H3,(H,15,16). The van der Waals surface area contributed by atoms with Crippen LogP contribution in [0, 0.1) is 6.92 Å². The van der Waals surface area contributed by atoms with Crippen LogP contribution >= 0.6 is 11.8 Å². The molecule has 4 nitrogen and oxygen atoms in total. The molecule has 1 N–H and O–H groups in total. The molecule has 0 aliphatic carbocycles. The number of hydrogen-bond donors (Lipinski definition) is 1. The van der Waals surface area contributed by atoms with Crippen molar-refractivity contribution in [3.8, 4) is 0 Å². The van der Waals surface area contributed by atoms with E-state index in [4.69, 9.17) is 5.11 Å². The number of thioether (sulfide) groups is 1. The molecular formula is C12H20N2O2S. The summed E-state index contributed by atoms with van der Waals surface area (Å²) in [6.07, 6.45) is 6.83. The summed E-state index contributed by atoms with van der Waals surface area (Å²) in [5.74, 6) is -0.723. The zero-order valence-electron chi connectivity index (χ0n) is 10.5. The number of carboxylic acid groups (broad SMARTS) is 1. The number of aromatic nitrogens is 2. The van der Waals surface area contributed by atoms with Crippen LogP contribution in [-0.2, 0) is 11.3 Å². The maximum Gasteiger partial charge on any atom is 0.313 e. The Hall–Kier alpha value is -0.970. The van der Waals surface area contributed by atoms with Gasteiger partial charge in [0.15, 0.2) is 5.16 Å². The Morgan fingerprint density at radius 1 is 1.47 bits per heavy atom. The summed E-state index contributed by atoms with van der Waals surface area (Å²) >= 11 is 1.29. The molecule has 1 aromatic heterocycles. The van der Waals surface area contributed by atoms with Crippen molar-refractivity contribution in [3.05, 3.63) is 11.9 Å². The molecule has 0 spiro atoms. The van der Waals surface area contributed by atoms with Crippen LogP contribution in [0.4, 0.5) is 0 Å². The Kier molecular flexibility index (Phi) is 6.11. The number of carboxylic acids is 1. The molecule has 0 radical (unpaired) electrons. The molecule has 0 saturated carbocycles. The van der Waals surface area contributed by atoms with E-state index in [1.807, 2.05) is 13.1 Å². The van der Waals surface area contributed by atoms with E-state index in [0.717, 1.165) is 23.8 Å². The fourth-order valence-corrected chi connectivity index (χ4v) is 2.41. The van der Waals surface area contributed by atoms with E-state index in [-0.39, 0.29) is 5.75 Å². The molecule has 1 heterocycles. The fraction of sp³-hybridized carbons (Fsp3) is 0.667. The quantitative estimate of drug-likeness (QED) is 0.574. The Morgan fingerprint density at radius 3 is 2.88 bits per heavy atom. The molecule has 0 saturated heterocycles. The molecule has 0 atom stereocenters. The van der Waals surface area contributed by atoms with Gasteiger partial charge in [0, 0.05) is 12.7 Å². The molecule has 5 heteroatoms. The van der Waals surface area contributed by atoms with Crippen molar-refractivity contribution >= 4 is 17.7 Å². The van der Waals surface area contributed by atoms with Crippen molar-refractivity contribution in [1.82, 2.24) is 9.55 Å². The molecule has 0 aromatic carbocycles. The third-order valence-corrected chi connectivity index (χ3v) is 3.41. The normalized spacial score (nSPS) is 10.7. The van der Waals surface area contributed by atoms with E-state index in [9.17, 15) is 4.79 Å². The van der Waals surface area contributed by atoms with Gasteiger partial charge in [-0.15, -0.1) is 0 Å². The lowest BCUT2D eigenvalue weighted by molar-refractivity contribution is -0.133. The SMILES string of the molecule is CCCCCCn1cc(C)nc1SCC(=O)O. The first-order valence-corrected chi connectivity index (χ1v) is 7.00. The van der Waals surface area contributed by atoms with Crippen molar-refractivity contribution in [3.63, 3.8) is 0 Å². The molecule has 0 fully saturated rings. The molecular weight excluding hydrogens is 236 g/mol. The van der Waals surface area contributed by atoms with Gasteiger partial charge in [-0.2, -0.15) is 0 Å². The van der Waals surface area contributed by atoms with E-state index >= 15 is 0 Å². The zero-order chi connectivity index (χ0) is 12.7. The summed E-state index contributed by atoms with van der Waals surface area (Å²) in [5, 5.41) is 9.48. The molecule has 17 heavy (non-hydrogen) atoms. The fourth-order valence-electron chi connectivity index (χ4n) is 1.64. The second kappa shape index (κ2) is 7.37. The van der Waals surface area contributed by atoms with Gasteiger partial charge in [-0.3, -0.25) is 4.79 Å². The van der Waals surface area contributed by atoms with E-state index in [1.54, 1.807) is 0 Å². The lowest BCUT2D eigenvalue weighted by Gasteiger charge is -2.05. The van der Waals surface area contributed by atoms with Gasteiger partial charge in [-0.25, -0.2) is 4.98 Å². The summed E-state index contributed by atoms with van der Waals surface area (Å²) in [4.78, 5) is 14.9. The minimum atomic E-state index is -0.798. The Labute approximate surface area is 106 Å². The number of imidazole rings is 1. The van der Waals surface area contributed by atoms with Gasteiger partial charge < -0.3 is 9.67 Å². The van der Waals surface area contributed by atoms with E-state index in [2.05, 4.69) is 16.5 Å². The van der Waals surface area contributed by atoms with Gasteiger partial charge in [0.25, 0.3) is 0 Å². The van der Waals surface area contributed by atoms with Crippen LogP contribution in [0.5, 0.6) is 0 Å². The van der Waals surface area contributed by atoms with Crippen LogP contribution in [0.2, 0.25) is 0 Å². The van der Waals surface area contributed by atoms with Crippen LogP contribution in [0.1, 0.15) is 38.3 Å². The van der Waals surface area contributed by atoms with Gasteiger partial charge in [-0.05, 0) is 13.3 Å². The molecule has 0 unspecified atom stereocenters. The minimum absolute atomic E-state index is 0.0748. The highest BCUT2D eigenvalue weighted by atomic mass is 32.2. The number of hydrogen-bond acceptors (Lipinski definition) is 3. The van der Waals surface area contributed by atoms with Gasteiger partial charge in [0.05, 0.1) is 11.4 Å². The highest BCUT2D eigenvalue weighted by molar-refractivity contribution is 7.99. The first-order chi connectivity index (χ1) is 8.13. The van der Waals surface area contributed by atoms with Crippen molar-refractivity contribution in [2.75, 3.05) is 5.75 Å². The largest absolute Gasteiger partial charge is 0.481 e. The first kappa shape index (κ1) is 14.1. The zero-order valence-corrected chi connectivity index (χ0v) is 11.3. The van der Waals surface area contributed by atoms with Crippen molar-refractivity contribution < 1.29 is 9.90 Å². The number of nitrogens with zero attached hydrogens (tertiary/aromatic N) is 2. The lowest BCUT2D eigenvalue weighted by Crippen LogP contribution is -2.03. The van der Waals surface area contributed by atoms with E-state index in [1.165, 1.54) is 31.0 Å². The Morgan fingerprint density at radius 2 is 2.24 bits per heavy atom. The number of aliphatic carboxylic acids is 1. The number of carbonyl (C=O) groups is 1. The number of unbranched alkanes of at least 4 members (excludes halogenated alkanes) is 3. The van der Waals surface area contributed by atoms with Crippen LogP contribution in [-0.4, -0.2) is 26.4 Å². The van der Waals surface area contributed by atoms with E-state index < -0.39 is 5.97 Å². The second-order valence-electron chi connectivity index (χ2n) is 4.10. The summed E-state index contributed by atoms with van der Waals surface area (Å²) < 4.78 is 2.07. The molecule has 0 aliphatic heterocycles. The van der Waals surface area contributed by atoms with Crippen molar-refractivity contribution in [2.45, 2.75) is 51.2 Å². The Balaban J connectivity index is 2.48. The van der Waals surface area contributed by atoms with Crippen LogP contribution in [0.25, 0.3) is 0 Å². The maximum absolute atomic E-state index is 10.5. The summed E-state index contributed by atoms with van der Waals surface area (Å²) in [6, 6.07) is 0. The van der Waals surface area contributed by atoms with Gasteiger partial charge >= 0.3 is 5.97 Å². The number of rotatable bonds is 8. The molecule has 1 rings (SSSR count). The summed E-state index contributed by atoms with van der Waals surface area (Å²) in [7, 11) is 0. The van der Waals surface area contributed by atoms with Gasteiger partial charge in [0.1, 0.15) is 0 Å². The summed E-state index contributed by atoms with van der Waals surface area (Å²) in [6.45, 7) is 5.06. The molecule has 0 aliphatic rings. The van der Waals surface area contributed by atoms with Crippen LogP contribution in [0.15, 0.2) is 11.4 Å². The predicted octanol–water partition coefficient (Wildman–Crippen LogP) is 2.95. The average Bonchev–Trinajstić information content (AvgIpc) is 2.62. The highest BCUT2D eigenvalue weighted by Gasteiger charge is 2.08. The van der Waals surface area contributed by atoms with Crippen LogP contribution in [0.3, 0.4) is 0 Å². The Bertz CT molecular complexity index is 363. The topological polar surface area (TPSA) is 55.1 Å². The van der Waals surface area contributed by atoms with Gasteiger partial charge in [-0.1, -0.05) is 37.9 Å². The van der Waals surface area contributed by atoms with Crippen molar-refractivity contribution in [2.24, 2.45) is 0 Å². The molecule has 0 amide bonds. The second-order valence-corrected chi connectivity index (χ2v) is 5.04. The maximum atomic E-state index is 10.5. The third kappa shape index (κ3) is 5.26. The molecule has 96 valence electrons. The first-order valence-electron chi connectivity index (χ1n) is 6.02. The number of aryl methyl sites for hydroxylation is 2. The van der Waals surface area contributed by atoms with Crippen molar-refractivity contribution in [1.29, 1.82) is 0 Å². The highest BCUT2D eigenvalue weighted by Crippen LogP contribution is 2.18. The monoisotopic (exact) mass is 256 g/mol. The van der Waals surface area contributed by atoms with Gasteiger partial charge in [0.2, 0.25) is 0 Å². The van der Waals surface area contributed by atoms with Crippen LogP contribution < -0.4 is 0 Å². The molecule has 0 bridgehead atoms. The lowest BCUT2D eigenvalue weighted by atomic mass is 10.2. The smallest absolute Gasteiger partial charge is 0.313 e. The third-order valence-electron chi connectivity index (χ3n) is 2.44. The summed E-state index contributed by atoms with van der Waals surface area (Å²) in [5.41, 5.74) is 0.952.